The summed E-state index contributed by atoms with van der Waals surface area (Å²) in [4.78, 5) is 23.7. The lowest BCUT2D eigenvalue weighted by Gasteiger charge is -2.22. The fraction of sp³-hybridized carbons (Fsp3) is 0.478. The van der Waals surface area contributed by atoms with E-state index in [-0.39, 0.29) is 24.2 Å². The Morgan fingerprint density at radius 1 is 1.13 bits per heavy atom. The molecule has 0 aromatic carbocycles. The lowest BCUT2D eigenvalue weighted by atomic mass is 9.83. The molecule has 1 atom stereocenters. The molecule has 162 valence electrons. The molecule has 3 fully saturated rings. The van der Waals surface area contributed by atoms with Crippen molar-refractivity contribution in [3.8, 4) is 6.07 Å². The van der Waals surface area contributed by atoms with Crippen LogP contribution in [-0.2, 0) is 4.79 Å². The van der Waals surface area contributed by atoms with Crippen molar-refractivity contribution in [2.75, 3.05) is 29.9 Å². The van der Waals surface area contributed by atoms with Crippen LogP contribution >= 0.6 is 12.4 Å². The Balaban J connectivity index is 0.00000231. The summed E-state index contributed by atoms with van der Waals surface area (Å²) in [6, 6.07) is 10.2. The second-order valence-electron chi connectivity index (χ2n) is 8.59. The number of piperidine rings is 1. The van der Waals surface area contributed by atoms with Crippen molar-refractivity contribution >= 4 is 35.6 Å². The number of anilines is 3. The third-order valence-corrected chi connectivity index (χ3v) is 6.74. The number of nitrogens with one attached hydrogen (secondary N) is 2. The van der Waals surface area contributed by atoms with E-state index in [1.54, 1.807) is 11.1 Å². The molecule has 8 heteroatoms. The van der Waals surface area contributed by atoms with Gasteiger partial charge in [0.2, 0.25) is 5.91 Å². The van der Waals surface area contributed by atoms with Gasteiger partial charge in [0.1, 0.15) is 17.1 Å². The van der Waals surface area contributed by atoms with E-state index in [4.69, 9.17) is 0 Å². The normalized spacial score (nSPS) is 23.8. The Hall–Kier alpha value is -2.69. The second kappa shape index (κ2) is 8.81. The fourth-order valence-electron chi connectivity index (χ4n) is 4.80. The van der Waals surface area contributed by atoms with Gasteiger partial charge in [-0.1, -0.05) is 6.07 Å². The summed E-state index contributed by atoms with van der Waals surface area (Å²) in [7, 11) is 0. The molecular formula is C23H27ClN6O. The number of halogens is 1. The topological polar surface area (TPSA) is 93.9 Å². The molecule has 0 radical (unpaired) electrons. The van der Waals surface area contributed by atoms with Gasteiger partial charge in [0, 0.05) is 30.7 Å². The first-order chi connectivity index (χ1) is 14.7. The van der Waals surface area contributed by atoms with Crippen LogP contribution in [-0.4, -0.2) is 35.5 Å². The molecular weight excluding hydrogens is 412 g/mol. The van der Waals surface area contributed by atoms with Crippen LogP contribution in [0.3, 0.4) is 0 Å². The van der Waals surface area contributed by atoms with Crippen LogP contribution in [0.15, 0.2) is 36.7 Å². The zero-order valence-electron chi connectivity index (χ0n) is 17.4. The molecule has 2 saturated heterocycles. The van der Waals surface area contributed by atoms with Crippen molar-refractivity contribution in [1.29, 1.82) is 5.26 Å². The average molecular weight is 439 g/mol. The minimum absolute atomic E-state index is 0. The molecule has 2 aromatic rings. The van der Waals surface area contributed by atoms with E-state index in [1.807, 2.05) is 24.4 Å². The summed E-state index contributed by atoms with van der Waals surface area (Å²) in [5.41, 5.74) is 1.23. The average Bonchev–Trinajstić information content (AvgIpc) is 3.59. The minimum Gasteiger partial charge on any atom is -0.325 e. The van der Waals surface area contributed by atoms with Crippen LogP contribution < -0.4 is 15.5 Å². The van der Waals surface area contributed by atoms with Gasteiger partial charge in [-0.25, -0.2) is 9.97 Å². The van der Waals surface area contributed by atoms with Gasteiger partial charge in [0.05, 0.1) is 6.07 Å². The Labute approximate surface area is 188 Å². The maximum absolute atomic E-state index is 13.0. The Morgan fingerprint density at radius 2 is 1.94 bits per heavy atom. The smallest absolute Gasteiger partial charge is 0.247 e. The molecule has 0 bridgehead atoms. The lowest BCUT2D eigenvalue weighted by Crippen LogP contribution is -2.35. The van der Waals surface area contributed by atoms with Crippen molar-refractivity contribution in [1.82, 2.24) is 15.3 Å². The zero-order valence-corrected chi connectivity index (χ0v) is 18.2. The van der Waals surface area contributed by atoms with Gasteiger partial charge in [0.25, 0.3) is 0 Å². The van der Waals surface area contributed by atoms with Gasteiger partial charge in [-0.05, 0) is 74.7 Å². The fourth-order valence-corrected chi connectivity index (χ4v) is 4.80. The maximum atomic E-state index is 13.0. The van der Waals surface area contributed by atoms with Crippen molar-refractivity contribution < 1.29 is 4.79 Å². The summed E-state index contributed by atoms with van der Waals surface area (Å²) < 4.78 is 0. The molecule has 0 unspecified atom stereocenters. The standard InChI is InChI=1S/C23H26N6O.ClH/c24-15-23(18-2-3-18)8-12-29(22(23)30)19-7-11-26-21(13-19)28-20-4-1-17(14-27-20)16-5-9-25-10-6-16;/h1,4,7,11,13-14,16,18,25H,2-3,5-6,8-10,12H2,(H,26,27,28);1H/t23-;/m1./s1. The highest BCUT2D eigenvalue weighted by molar-refractivity contribution is 6.02. The van der Waals surface area contributed by atoms with Crippen LogP contribution in [0.25, 0.3) is 0 Å². The first-order valence-electron chi connectivity index (χ1n) is 10.8. The van der Waals surface area contributed by atoms with E-state index in [0.717, 1.165) is 50.3 Å². The molecule has 2 N–H and O–H groups in total. The number of carbonyl (C=O) groups excluding carboxylic acids is 1. The largest absolute Gasteiger partial charge is 0.325 e. The van der Waals surface area contributed by atoms with Gasteiger partial charge in [-0.2, -0.15) is 5.26 Å². The molecule has 0 spiro atoms. The SMILES string of the molecule is Cl.N#C[C@@]1(C2CC2)CCN(c2ccnc(Nc3ccc(C4CCNCC4)cn3)c2)C1=O. The third kappa shape index (κ3) is 4.10. The van der Waals surface area contributed by atoms with Gasteiger partial charge in [-0.15, -0.1) is 12.4 Å². The highest BCUT2D eigenvalue weighted by atomic mass is 35.5. The molecule has 1 amide bonds. The number of amides is 1. The van der Waals surface area contributed by atoms with Crippen molar-refractivity contribution in [2.45, 2.75) is 38.0 Å². The highest BCUT2D eigenvalue weighted by Crippen LogP contribution is 2.51. The molecule has 7 nitrogen and oxygen atoms in total. The van der Waals surface area contributed by atoms with E-state index in [1.165, 1.54) is 5.56 Å². The molecule has 4 heterocycles. The minimum atomic E-state index is -0.830. The maximum Gasteiger partial charge on any atom is 0.247 e. The van der Waals surface area contributed by atoms with E-state index in [2.05, 4.69) is 32.7 Å². The summed E-state index contributed by atoms with van der Waals surface area (Å²) in [5, 5.41) is 16.3. The number of nitrogens with zero attached hydrogens (tertiary/aromatic N) is 4. The number of carbonyl (C=O) groups is 1. The lowest BCUT2D eigenvalue weighted by molar-refractivity contribution is -0.123. The first-order valence-corrected chi connectivity index (χ1v) is 10.8. The predicted molar refractivity (Wildman–Crippen MR) is 122 cm³/mol. The van der Waals surface area contributed by atoms with E-state index >= 15 is 0 Å². The summed E-state index contributed by atoms with van der Waals surface area (Å²) in [5.74, 6) is 2.11. The first kappa shape index (κ1) is 21.5. The Morgan fingerprint density at radius 3 is 2.61 bits per heavy atom. The summed E-state index contributed by atoms with van der Waals surface area (Å²) in [6.07, 6.45) is 8.50. The van der Waals surface area contributed by atoms with Gasteiger partial charge < -0.3 is 15.5 Å². The molecule has 3 aliphatic rings. The third-order valence-electron chi connectivity index (χ3n) is 6.74. The van der Waals surface area contributed by atoms with E-state index in [0.29, 0.717) is 24.7 Å². The molecule has 2 aromatic heterocycles. The van der Waals surface area contributed by atoms with Crippen LogP contribution in [0.4, 0.5) is 17.3 Å². The van der Waals surface area contributed by atoms with Crippen LogP contribution in [0.2, 0.25) is 0 Å². The summed E-state index contributed by atoms with van der Waals surface area (Å²) >= 11 is 0. The van der Waals surface area contributed by atoms with Crippen molar-refractivity contribution in [3.05, 3.63) is 42.2 Å². The molecule has 1 aliphatic carbocycles. The number of nitriles is 1. The van der Waals surface area contributed by atoms with E-state index in [9.17, 15) is 10.1 Å². The number of aromatic nitrogens is 2. The van der Waals surface area contributed by atoms with Gasteiger partial charge in [-0.3, -0.25) is 4.79 Å². The highest BCUT2D eigenvalue weighted by Gasteiger charge is 2.56. The van der Waals surface area contributed by atoms with Crippen molar-refractivity contribution in [2.24, 2.45) is 11.3 Å². The Kier molecular flexibility index (Phi) is 6.12. The molecule has 1 saturated carbocycles. The van der Waals surface area contributed by atoms with Crippen molar-refractivity contribution in [3.63, 3.8) is 0 Å². The zero-order chi connectivity index (χ0) is 20.6. The van der Waals surface area contributed by atoms with Crippen LogP contribution in [0, 0.1) is 22.7 Å². The monoisotopic (exact) mass is 438 g/mol. The van der Waals surface area contributed by atoms with Gasteiger partial charge in [0.15, 0.2) is 0 Å². The predicted octanol–water partition coefficient (Wildman–Crippen LogP) is 3.77. The van der Waals surface area contributed by atoms with Gasteiger partial charge >= 0.3 is 0 Å². The number of hydrogen-bond acceptors (Lipinski definition) is 6. The quantitative estimate of drug-likeness (QED) is 0.738. The molecule has 5 rings (SSSR count). The second-order valence-corrected chi connectivity index (χ2v) is 8.59. The number of hydrogen-bond donors (Lipinski definition) is 2. The van der Waals surface area contributed by atoms with Crippen LogP contribution in [0.1, 0.15) is 43.6 Å². The Bertz CT molecular complexity index is 980. The molecule has 31 heavy (non-hydrogen) atoms. The van der Waals surface area contributed by atoms with E-state index < -0.39 is 5.41 Å². The number of rotatable bonds is 5. The summed E-state index contributed by atoms with van der Waals surface area (Å²) in [6.45, 7) is 2.70. The number of pyridine rings is 2. The van der Waals surface area contributed by atoms with Crippen LogP contribution in [0.5, 0.6) is 0 Å². The molecule has 2 aliphatic heterocycles.